The molecule has 104 valence electrons. The number of rotatable bonds is 4. The molecule has 1 aromatic heterocycles. The SMILES string of the molecule is CC(C)n1cc(C(=O)/C=C/c2cccc(Cl)c2Cl)cn1. The number of aromatic nitrogens is 2. The van der Waals surface area contributed by atoms with Gasteiger partial charge >= 0.3 is 0 Å². The lowest BCUT2D eigenvalue weighted by molar-refractivity contribution is 0.104. The molecule has 0 aliphatic heterocycles. The number of halogens is 2. The Morgan fingerprint density at radius 3 is 2.75 bits per heavy atom. The molecule has 0 fully saturated rings. The average Bonchev–Trinajstić information content (AvgIpc) is 2.90. The van der Waals surface area contributed by atoms with Gasteiger partial charge in [0.15, 0.2) is 5.78 Å². The monoisotopic (exact) mass is 308 g/mol. The quantitative estimate of drug-likeness (QED) is 0.608. The molecule has 0 N–H and O–H groups in total. The van der Waals surface area contributed by atoms with Crippen LogP contribution in [0.1, 0.15) is 35.8 Å². The minimum Gasteiger partial charge on any atom is -0.289 e. The summed E-state index contributed by atoms with van der Waals surface area (Å²) in [4.78, 5) is 12.0. The molecule has 2 aromatic rings. The standard InChI is InChI=1S/C15H14Cl2N2O/c1-10(2)19-9-12(8-18-19)14(20)7-6-11-4-3-5-13(16)15(11)17/h3-10H,1-2H3/b7-6+. The lowest BCUT2D eigenvalue weighted by atomic mass is 10.1. The van der Waals surface area contributed by atoms with E-state index in [1.807, 2.05) is 13.8 Å². The molecule has 0 aliphatic rings. The lowest BCUT2D eigenvalue weighted by Crippen LogP contribution is -2.00. The summed E-state index contributed by atoms with van der Waals surface area (Å²) in [5.74, 6) is -0.118. The van der Waals surface area contributed by atoms with E-state index in [0.29, 0.717) is 21.2 Å². The van der Waals surface area contributed by atoms with Crippen molar-refractivity contribution in [1.29, 1.82) is 0 Å². The summed E-state index contributed by atoms with van der Waals surface area (Å²) < 4.78 is 1.74. The number of carbonyl (C=O) groups is 1. The summed E-state index contributed by atoms with van der Waals surface area (Å²) in [5, 5.41) is 5.05. The Morgan fingerprint density at radius 2 is 2.10 bits per heavy atom. The van der Waals surface area contributed by atoms with E-state index >= 15 is 0 Å². The van der Waals surface area contributed by atoms with Crippen molar-refractivity contribution in [3.63, 3.8) is 0 Å². The highest BCUT2D eigenvalue weighted by Gasteiger charge is 2.08. The van der Waals surface area contributed by atoms with E-state index in [1.165, 1.54) is 6.08 Å². The fraction of sp³-hybridized carbons (Fsp3) is 0.200. The third-order valence-electron chi connectivity index (χ3n) is 2.81. The lowest BCUT2D eigenvalue weighted by Gasteiger charge is -2.02. The van der Waals surface area contributed by atoms with Crippen LogP contribution in [0.25, 0.3) is 6.08 Å². The van der Waals surface area contributed by atoms with Crippen molar-refractivity contribution in [2.24, 2.45) is 0 Å². The van der Waals surface area contributed by atoms with Gasteiger partial charge in [-0.25, -0.2) is 0 Å². The van der Waals surface area contributed by atoms with Crippen LogP contribution in [0, 0.1) is 0 Å². The number of carbonyl (C=O) groups excluding carboxylic acids is 1. The van der Waals surface area contributed by atoms with Crippen LogP contribution in [0.3, 0.4) is 0 Å². The van der Waals surface area contributed by atoms with Gasteiger partial charge in [-0.05, 0) is 37.6 Å². The van der Waals surface area contributed by atoms with E-state index in [9.17, 15) is 4.79 Å². The highest BCUT2D eigenvalue weighted by atomic mass is 35.5. The number of ketones is 1. The maximum Gasteiger partial charge on any atom is 0.189 e. The summed E-state index contributed by atoms with van der Waals surface area (Å²) in [7, 11) is 0. The van der Waals surface area contributed by atoms with Crippen molar-refractivity contribution in [3.8, 4) is 0 Å². The van der Waals surface area contributed by atoms with Crippen LogP contribution in [0.15, 0.2) is 36.7 Å². The topological polar surface area (TPSA) is 34.9 Å². The van der Waals surface area contributed by atoms with Gasteiger partial charge in [0, 0.05) is 12.2 Å². The molecule has 0 unspecified atom stereocenters. The van der Waals surface area contributed by atoms with E-state index in [0.717, 1.165) is 0 Å². The molecule has 0 saturated carbocycles. The van der Waals surface area contributed by atoms with Crippen LogP contribution < -0.4 is 0 Å². The largest absolute Gasteiger partial charge is 0.289 e. The zero-order chi connectivity index (χ0) is 14.7. The highest BCUT2D eigenvalue weighted by molar-refractivity contribution is 6.42. The van der Waals surface area contributed by atoms with Crippen LogP contribution in [-0.2, 0) is 0 Å². The van der Waals surface area contributed by atoms with Crippen LogP contribution in [-0.4, -0.2) is 15.6 Å². The first-order valence-corrected chi connectivity index (χ1v) is 6.95. The first-order valence-electron chi connectivity index (χ1n) is 6.19. The molecule has 0 spiro atoms. The Kier molecular flexibility index (Phi) is 4.63. The fourth-order valence-corrected chi connectivity index (χ4v) is 2.03. The van der Waals surface area contributed by atoms with Crippen molar-refractivity contribution >= 4 is 35.1 Å². The van der Waals surface area contributed by atoms with Crippen LogP contribution >= 0.6 is 23.2 Å². The van der Waals surface area contributed by atoms with E-state index in [4.69, 9.17) is 23.2 Å². The smallest absolute Gasteiger partial charge is 0.189 e. The first-order chi connectivity index (χ1) is 9.49. The number of allylic oxidation sites excluding steroid dienone is 1. The zero-order valence-corrected chi connectivity index (χ0v) is 12.7. The van der Waals surface area contributed by atoms with Crippen molar-refractivity contribution in [2.45, 2.75) is 19.9 Å². The molecule has 5 heteroatoms. The minimum absolute atomic E-state index is 0.118. The van der Waals surface area contributed by atoms with Gasteiger partial charge in [0.1, 0.15) is 0 Å². The minimum atomic E-state index is -0.118. The Balaban J connectivity index is 2.18. The maximum absolute atomic E-state index is 12.0. The van der Waals surface area contributed by atoms with E-state index in [2.05, 4.69) is 5.10 Å². The molecule has 3 nitrogen and oxygen atoms in total. The molecule has 2 rings (SSSR count). The Bertz CT molecular complexity index is 660. The number of benzene rings is 1. The van der Waals surface area contributed by atoms with E-state index in [1.54, 1.807) is 41.4 Å². The molecule has 0 bridgehead atoms. The molecule has 20 heavy (non-hydrogen) atoms. The number of nitrogens with zero attached hydrogens (tertiary/aromatic N) is 2. The molecule has 1 aromatic carbocycles. The normalized spacial score (nSPS) is 11.4. The zero-order valence-electron chi connectivity index (χ0n) is 11.2. The second kappa shape index (κ2) is 6.25. The molecular weight excluding hydrogens is 295 g/mol. The maximum atomic E-state index is 12.0. The van der Waals surface area contributed by atoms with Gasteiger partial charge in [-0.2, -0.15) is 5.10 Å². The Hall–Kier alpha value is -1.58. The van der Waals surface area contributed by atoms with Crippen molar-refractivity contribution < 1.29 is 4.79 Å². The van der Waals surface area contributed by atoms with Crippen molar-refractivity contribution in [2.75, 3.05) is 0 Å². The fourth-order valence-electron chi connectivity index (χ4n) is 1.66. The van der Waals surface area contributed by atoms with Crippen molar-refractivity contribution in [3.05, 3.63) is 57.8 Å². The Labute approximate surface area is 127 Å². The average molecular weight is 309 g/mol. The predicted octanol–water partition coefficient (Wildman–Crippen LogP) is 4.67. The van der Waals surface area contributed by atoms with Gasteiger partial charge in [-0.1, -0.05) is 35.3 Å². The predicted molar refractivity (Wildman–Crippen MR) is 82.4 cm³/mol. The van der Waals surface area contributed by atoms with Gasteiger partial charge in [0.05, 0.1) is 21.8 Å². The van der Waals surface area contributed by atoms with E-state index < -0.39 is 0 Å². The molecular formula is C15H14Cl2N2O. The molecule has 0 aliphatic carbocycles. The molecule has 0 saturated heterocycles. The molecule has 0 atom stereocenters. The third-order valence-corrected chi connectivity index (χ3v) is 3.64. The van der Waals surface area contributed by atoms with Gasteiger partial charge < -0.3 is 0 Å². The highest BCUT2D eigenvalue weighted by Crippen LogP contribution is 2.26. The summed E-state index contributed by atoms with van der Waals surface area (Å²) in [6.07, 6.45) is 6.42. The van der Waals surface area contributed by atoms with Crippen LogP contribution in [0.4, 0.5) is 0 Å². The van der Waals surface area contributed by atoms with Crippen LogP contribution in [0.2, 0.25) is 10.0 Å². The Morgan fingerprint density at radius 1 is 1.35 bits per heavy atom. The summed E-state index contributed by atoms with van der Waals surface area (Å²) in [6, 6.07) is 5.52. The summed E-state index contributed by atoms with van der Waals surface area (Å²) in [5.41, 5.74) is 1.26. The molecule has 0 amide bonds. The summed E-state index contributed by atoms with van der Waals surface area (Å²) >= 11 is 12.0. The van der Waals surface area contributed by atoms with Gasteiger partial charge in [0.2, 0.25) is 0 Å². The van der Waals surface area contributed by atoms with Crippen LogP contribution in [0.5, 0.6) is 0 Å². The third kappa shape index (κ3) is 3.30. The summed E-state index contributed by atoms with van der Waals surface area (Å²) in [6.45, 7) is 4.01. The number of hydrogen-bond donors (Lipinski definition) is 0. The molecule has 1 heterocycles. The van der Waals surface area contributed by atoms with Gasteiger partial charge in [-0.15, -0.1) is 0 Å². The molecule has 0 radical (unpaired) electrons. The van der Waals surface area contributed by atoms with Crippen molar-refractivity contribution in [1.82, 2.24) is 9.78 Å². The second-order valence-electron chi connectivity index (χ2n) is 4.64. The first kappa shape index (κ1) is 14.8. The van der Waals surface area contributed by atoms with Gasteiger partial charge in [0.25, 0.3) is 0 Å². The number of hydrogen-bond acceptors (Lipinski definition) is 2. The van der Waals surface area contributed by atoms with Gasteiger partial charge in [-0.3, -0.25) is 9.48 Å². The van der Waals surface area contributed by atoms with E-state index in [-0.39, 0.29) is 11.8 Å². The second-order valence-corrected chi connectivity index (χ2v) is 5.43.